The highest BCUT2D eigenvalue weighted by molar-refractivity contribution is 5.93. The van der Waals surface area contributed by atoms with Gasteiger partial charge in [-0.05, 0) is 5.56 Å². The summed E-state index contributed by atoms with van der Waals surface area (Å²) in [5.74, 6) is -0.0394. The number of carbonyl (C=O) groups excluding carboxylic acids is 1. The maximum Gasteiger partial charge on any atom is 0.257 e. The fourth-order valence-corrected chi connectivity index (χ4v) is 1.93. The zero-order valence-electron chi connectivity index (χ0n) is 11.0. The summed E-state index contributed by atoms with van der Waals surface area (Å²) in [7, 11) is 1.79. The third kappa shape index (κ3) is 3.42. The molecule has 2 aromatic rings. The molecule has 0 bridgehead atoms. The molecule has 2 N–H and O–H groups in total. The van der Waals surface area contributed by atoms with Gasteiger partial charge in [0.05, 0.1) is 11.8 Å². The number of aryl methyl sites for hydroxylation is 1. The van der Waals surface area contributed by atoms with Crippen molar-refractivity contribution in [3.05, 3.63) is 53.9 Å². The van der Waals surface area contributed by atoms with E-state index in [2.05, 4.69) is 5.10 Å². The predicted octanol–water partition coefficient (Wildman–Crippen LogP) is 1.02. The first kappa shape index (κ1) is 13.3. The van der Waals surface area contributed by atoms with Crippen molar-refractivity contribution in [3.63, 3.8) is 0 Å². The Bertz CT molecular complexity index is 535. The Balaban J connectivity index is 2.13. The number of nitrogens with zero attached hydrogens (tertiary/aromatic N) is 3. The van der Waals surface area contributed by atoms with E-state index in [1.54, 1.807) is 29.0 Å². The Morgan fingerprint density at radius 1 is 1.37 bits per heavy atom. The van der Waals surface area contributed by atoms with Crippen molar-refractivity contribution in [1.29, 1.82) is 0 Å². The lowest BCUT2D eigenvalue weighted by atomic mass is 10.2. The molecule has 0 fully saturated rings. The molecule has 0 aliphatic rings. The van der Waals surface area contributed by atoms with Crippen LogP contribution in [-0.4, -0.2) is 33.7 Å². The second-order valence-electron chi connectivity index (χ2n) is 4.40. The lowest BCUT2D eigenvalue weighted by Crippen LogP contribution is -2.34. The van der Waals surface area contributed by atoms with Gasteiger partial charge in [0, 0.05) is 32.9 Å². The van der Waals surface area contributed by atoms with Crippen LogP contribution in [0.3, 0.4) is 0 Å². The molecule has 0 radical (unpaired) electrons. The molecule has 1 aromatic carbocycles. The zero-order chi connectivity index (χ0) is 13.7. The Morgan fingerprint density at radius 2 is 2.11 bits per heavy atom. The van der Waals surface area contributed by atoms with E-state index < -0.39 is 0 Å². The van der Waals surface area contributed by atoms with E-state index >= 15 is 0 Å². The summed E-state index contributed by atoms with van der Waals surface area (Å²) in [6.07, 6.45) is 3.30. The molecule has 0 atom stereocenters. The van der Waals surface area contributed by atoms with E-state index in [1.807, 2.05) is 30.3 Å². The van der Waals surface area contributed by atoms with Gasteiger partial charge in [-0.3, -0.25) is 9.48 Å². The third-order valence-corrected chi connectivity index (χ3v) is 2.85. The van der Waals surface area contributed by atoms with Crippen LogP contribution in [0.15, 0.2) is 42.7 Å². The molecule has 0 aliphatic heterocycles. The van der Waals surface area contributed by atoms with Crippen molar-refractivity contribution in [2.75, 3.05) is 13.1 Å². The maximum absolute atomic E-state index is 12.4. The molecule has 5 heteroatoms. The summed E-state index contributed by atoms with van der Waals surface area (Å²) < 4.78 is 1.62. The first-order valence-electron chi connectivity index (χ1n) is 6.22. The first-order chi connectivity index (χ1) is 9.20. The molecule has 1 aromatic heterocycles. The van der Waals surface area contributed by atoms with E-state index in [0.717, 1.165) is 5.56 Å². The van der Waals surface area contributed by atoms with Crippen LogP contribution in [0.25, 0.3) is 0 Å². The van der Waals surface area contributed by atoms with E-state index in [0.29, 0.717) is 25.2 Å². The SMILES string of the molecule is Cn1cc(C(=O)N(CCN)Cc2ccccc2)cn1. The molecule has 0 unspecified atom stereocenters. The topological polar surface area (TPSA) is 64.2 Å². The number of hydrogen-bond donors (Lipinski definition) is 1. The standard InChI is InChI=1S/C14H18N4O/c1-17-11-13(9-16-17)14(19)18(8-7-15)10-12-5-3-2-4-6-12/h2-6,9,11H,7-8,10,15H2,1H3. The molecule has 0 aliphatic carbocycles. The number of amides is 1. The van der Waals surface area contributed by atoms with Gasteiger partial charge in [-0.1, -0.05) is 30.3 Å². The summed E-state index contributed by atoms with van der Waals surface area (Å²) in [4.78, 5) is 14.1. The number of carbonyl (C=O) groups is 1. The number of nitrogens with two attached hydrogens (primary N) is 1. The number of aromatic nitrogens is 2. The van der Waals surface area contributed by atoms with Gasteiger partial charge in [-0.25, -0.2) is 0 Å². The van der Waals surface area contributed by atoms with E-state index in [4.69, 9.17) is 5.73 Å². The third-order valence-electron chi connectivity index (χ3n) is 2.85. The van der Waals surface area contributed by atoms with Crippen LogP contribution in [0, 0.1) is 0 Å². The summed E-state index contributed by atoms with van der Waals surface area (Å²) in [6, 6.07) is 9.88. The monoisotopic (exact) mass is 258 g/mol. The minimum Gasteiger partial charge on any atom is -0.333 e. The van der Waals surface area contributed by atoms with Crippen LogP contribution < -0.4 is 5.73 Å². The Labute approximate surface area is 112 Å². The molecule has 1 amide bonds. The second-order valence-corrected chi connectivity index (χ2v) is 4.40. The molecule has 2 rings (SSSR count). The molecule has 1 heterocycles. The Kier molecular flexibility index (Phi) is 4.30. The lowest BCUT2D eigenvalue weighted by molar-refractivity contribution is 0.0748. The van der Waals surface area contributed by atoms with Crippen LogP contribution in [0.2, 0.25) is 0 Å². The molecular weight excluding hydrogens is 240 g/mol. The van der Waals surface area contributed by atoms with Crippen molar-refractivity contribution in [3.8, 4) is 0 Å². The maximum atomic E-state index is 12.4. The van der Waals surface area contributed by atoms with Gasteiger partial charge in [-0.15, -0.1) is 0 Å². The highest BCUT2D eigenvalue weighted by Gasteiger charge is 2.16. The number of benzene rings is 1. The van der Waals surface area contributed by atoms with Gasteiger partial charge in [0.2, 0.25) is 0 Å². The Morgan fingerprint density at radius 3 is 2.68 bits per heavy atom. The fraction of sp³-hybridized carbons (Fsp3) is 0.286. The predicted molar refractivity (Wildman–Crippen MR) is 73.4 cm³/mol. The summed E-state index contributed by atoms with van der Waals surface area (Å²) in [6.45, 7) is 1.53. The van der Waals surface area contributed by atoms with Crippen molar-refractivity contribution in [2.24, 2.45) is 12.8 Å². The van der Waals surface area contributed by atoms with Gasteiger partial charge < -0.3 is 10.6 Å². The number of hydrogen-bond acceptors (Lipinski definition) is 3. The van der Waals surface area contributed by atoms with Crippen molar-refractivity contribution in [2.45, 2.75) is 6.54 Å². The Hall–Kier alpha value is -2.14. The van der Waals surface area contributed by atoms with Crippen molar-refractivity contribution < 1.29 is 4.79 Å². The fourth-order valence-electron chi connectivity index (χ4n) is 1.93. The lowest BCUT2D eigenvalue weighted by Gasteiger charge is -2.21. The van der Waals surface area contributed by atoms with Crippen LogP contribution >= 0.6 is 0 Å². The van der Waals surface area contributed by atoms with E-state index in [9.17, 15) is 4.79 Å². The molecule has 0 spiro atoms. The number of rotatable bonds is 5. The first-order valence-corrected chi connectivity index (χ1v) is 6.22. The van der Waals surface area contributed by atoms with E-state index in [1.165, 1.54) is 0 Å². The molecule has 5 nitrogen and oxygen atoms in total. The zero-order valence-corrected chi connectivity index (χ0v) is 11.0. The summed E-state index contributed by atoms with van der Waals surface area (Å²) in [5, 5.41) is 4.03. The van der Waals surface area contributed by atoms with Crippen LogP contribution in [-0.2, 0) is 13.6 Å². The average Bonchev–Trinajstić information content (AvgIpc) is 2.85. The van der Waals surface area contributed by atoms with Gasteiger partial charge in [0.25, 0.3) is 5.91 Å². The normalized spacial score (nSPS) is 10.4. The minimum atomic E-state index is -0.0394. The summed E-state index contributed by atoms with van der Waals surface area (Å²) in [5.41, 5.74) is 7.27. The summed E-state index contributed by atoms with van der Waals surface area (Å²) >= 11 is 0. The average molecular weight is 258 g/mol. The van der Waals surface area contributed by atoms with Gasteiger partial charge >= 0.3 is 0 Å². The molecule has 19 heavy (non-hydrogen) atoms. The minimum absolute atomic E-state index is 0.0394. The highest BCUT2D eigenvalue weighted by atomic mass is 16.2. The van der Waals surface area contributed by atoms with Crippen molar-refractivity contribution in [1.82, 2.24) is 14.7 Å². The largest absolute Gasteiger partial charge is 0.333 e. The quantitative estimate of drug-likeness (QED) is 0.871. The van der Waals surface area contributed by atoms with Crippen LogP contribution in [0.5, 0.6) is 0 Å². The van der Waals surface area contributed by atoms with Crippen LogP contribution in [0.1, 0.15) is 15.9 Å². The highest BCUT2D eigenvalue weighted by Crippen LogP contribution is 2.09. The van der Waals surface area contributed by atoms with Gasteiger partial charge in [0.15, 0.2) is 0 Å². The van der Waals surface area contributed by atoms with E-state index in [-0.39, 0.29) is 5.91 Å². The second kappa shape index (κ2) is 6.15. The molecule has 100 valence electrons. The van der Waals surface area contributed by atoms with Crippen molar-refractivity contribution >= 4 is 5.91 Å². The molecular formula is C14H18N4O. The molecule has 0 saturated heterocycles. The van der Waals surface area contributed by atoms with Gasteiger partial charge in [0.1, 0.15) is 0 Å². The van der Waals surface area contributed by atoms with Gasteiger partial charge in [-0.2, -0.15) is 5.10 Å². The van der Waals surface area contributed by atoms with Crippen LogP contribution in [0.4, 0.5) is 0 Å². The smallest absolute Gasteiger partial charge is 0.257 e. The molecule has 0 saturated carbocycles.